The Kier molecular flexibility index (Phi) is 2.76. The molecule has 1 rings (SSSR count). The molecule has 6 nitrogen and oxygen atoms in total. The number of hydrogen-bond acceptors (Lipinski definition) is 5. The van der Waals surface area contributed by atoms with Gasteiger partial charge in [0.2, 0.25) is 0 Å². The summed E-state index contributed by atoms with van der Waals surface area (Å²) in [6.45, 7) is 0.237. The summed E-state index contributed by atoms with van der Waals surface area (Å²) in [6.07, 6.45) is 0. The Hall–Kier alpha value is -1.43. The van der Waals surface area contributed by atoms with Crippen LogP contribution in [0.15, 0.2) is 4.52 Å². The van der Waals surface area contributed by atoms with Gasteiger partial charge in [-0.25, -0.2) is 0 Å². The van der Waals surface area contributed by atoms with Gasteiger partial charge in [0.15, 0.2) is 5.82 Å². The first-order valence-electron chi connectivity index (χ1n) is 3.31. The van der Waals surface area contributed by atoms with Gasteiger partial charge in [0.05, 0.1) is 0 Å². The van der Waals surface area contributed by atoms with E-state index in [1.54, 1.807) is 0 Å². The Labute approximate surface area is 68.9 Å². The van der Waals surface area contributed by atoms with Gasteiger partial charge in [0.1, 0.15) is 6.61 Å². The maximum absolute atomic E-state index is 10.9. The maximum Gasteiger partial charge on any atom is 0.316 e. The normalized spacial score (nSPS) is 9.83. The number of nitrogens with one attached hydrogen (secondary N) is 1. The Balaban J connectivity index is 2.70. The van der Waals surface area contributed by atoms with Gasteiger partial charge < -0.3 is 14.6 Å². The van der Waals surface area contributed by atoms with Crippen molar-refractivity contribution in [3.05, 3.63) is 11.7 Å². The molecule has 12 heavy (non-hydrogen) atoms. The fourth-order valence-electron chi connectivity index (χ4n) is 0.641. The van der Waals surface area contributed by atoms with E-state index in [1.165, 1.54) is 14.2 Å². The molecule has 0 fully saturated rings. The molecule has 0 bridgehead atoms. The minimum absolute atomic E-state index is 0.0513. The topological polar surface area (TPSA) is 77.2 Å². The summed E-state index contributed by atoms with van der Waals surface area (Å²) in [5, 5.41) is 5.86. The summed E-state index contributed by atoms with van der Waals surface area (Å²) in [4.78, 5) is 14.6. The second-order valence-electron chi connectivity index (χ2n) is 2.03. The summed E-state index contributed by atoms with van der Waals surface area (Å²) < 4.78 is 9.35. The van der Waals surface area contributed by atoms with Crippen molar-refractivity contribution >= 4 is 5.91 Å². The van der Waals surface area contributed by atoms with Gasteiger partial charge in [-0.1, -0.05) is 5.16 Å². The van der Waals surface area contributed by atoms with Crippen molar-refractivity contribution in [2.45, 2.75) is 6.61 Å². The standard InChI is InChI=1S/C6H9N3O3/c1-7-5(10)6-8-4(3-11-2)9-12-6/h3H2,1-2H3,(H,7,10). The molecule has 0 atom stereocenters. The number of carbonyl (C=O) groups is 1. The second kappa shape index (κ2) is 3.82. The number of aromatic nitrogens is 2. The number of rotatable bonds is 3. The lowest BCUT2D eigenvalue weighted by molar-refractivity contribution is 0.0919. The molecule has 1 heterocycles. The lowest BCUT2D eigenvalue weighted by Gasteiger charge is -1.88. The van der Waals surface area contributed by atoms with Crippen molar-refractivity contribution in [2.24, 2.45) is 0 Å². The van der Waals surface area contributed by atoms with E-state index in [4.69, 9.17) is 4.74 Å². The third kappa shape index (κ3) is 1.79. The molecule has 0 aliphatic rings. The van der Waals surface area contributed by atoms with E-state index in [1.807, 2.05) is 0 Å². The lowest BCUT2D eigenvalue weighted by Crippen LogP contribution is -2.18. The van der Waals surface area contributed by atoms with E-state index < -0.39 is 5.91 Å². The van der Waals surface area contributed by atoms with Crippen LogP contribution in [0.5, 0.6) is 0 Å². The van der Waals surface area contributed by atoms with Gasteiger partial charge in [-0.2, -0.15) is 4.98 Å². The highest BCUT2D eigenvalue weighted by Crippen LogP contribution is 1.97. The quantitative estimate of drug-likeness (QED) is 0.668. The van der Waals surface area contributed by atoms with Crippen molar-refractivity contribution in [3.8, 4) is 0 Å². The van der Waals surface area contributed by atoms with Gasteiger partial charge in [0, 0.05) is 14.2 Å². The minimum Gasteiger partial charge on any atom is -0.377 e. The molecule has 0 saturated carbocycles. The molecule has 66 valence electrons. The summed E-state index contributed by atoms with van der Waals surface area (Å²) in [5.74, 6) is -0.0921. The number of hydrogen-bond donors (Lipinski definition) is 1. The first kappa shape index (κ1) is 8.66. The molecule has 1 aromatic rings. The van der Waals surface area contributed by atoms with Crippen molar-refractivity contribution in [3.63, 3.8) is 0 Å². The zero-order chi connectivity index (χ0) is 8.97. The zero-order valence-electron chi connectivity index (χ0n) is 6.83. The van der Waals surface area contributed by atoms with E-state index in [9.17, 15) is 4.79 Å². The molecular formula is C6H9N3O3. The van der Waals surface area contributed by atoms with E-state index in [0.717, 1.165) is 0 Å². The van der Waals surface area contributed by atoms with Crippen LogP contribution in [0.1, 0.15) is 16.5 Å². The largest absolute Gasteiger partial charge is 0.377 e. The molecule has 0 aliphatic carbocycles. The molecule has 6 heteroatoms. The minimum atomic E-state index is -0.398. The van der Waals surface area contributed by atoms with E-state index in [-0.39, 0.29) is 12.5 Å². The molecule has 0 aromatic carbocycles. The number of nitrogens with zero attached hydrogens (tertiary/aromatic N) is 2. The molecule has 0 aliphatic heterocycles. The molecular weight excluding hydrogens is 162 g/mol. The van der Waals surface area contributed by atoms with Gasteiger partial charge in [-0.15, -0.1) is 0 Å². The Bertz CT molecular complexity index is 271. The smallest absolute Gasteiger partial charge is 0.316 e. The summed E-state index contributed by atoms with van der Waals surface area (Å²) in [6, 6.07) is 0. The molecule has 0 unspecified atom stereocenters. The molecule has 1 aromatic heterocycles. The van der Waals surface area contributed by atoms with Gasteiger partial charge in [-0.3, -0.25) is 4.79 Å². The third-order valence-corrected chi connectivity index (χ3v) is 1.16. The van der Waals surface area contributed by atoms with Gasteiger partial charge >= 0.3 is 11.8 Å². The van der Waals surface area contributed by atoms with E-state index in [2.05, 4.69) is 20.0 Å². The van der Waals surface area contributed by atoms with Crippen LogP contribution >= 0.6 is 0 Å². The average molecular weight is 171 g/mol. The highest BCUT2D eigenvalue weighted by atomic mass is 16.5. The Morgan fingerprint density at radius 2 is 2.50 bits per heavy atom. The SMILES string of the molecule is CNC(=O)c1nc(COC)no1. The van der Waals surface area contributed by atoms with Crippen LogP contribution in [0, 0.1) is 0 Å². The molecule has 0 saturated heterocycles. The Morgan fingerprint density at radius 1 is 1.75 bits per heavy atom. The fourth-order valence-corrected chi connectivity index (χ4v) is 0.641. The van der Waals surface area contributed by atoms with Crippen molar-refractivity contribution in [1.82, 2.24) is 15.5 Å². The van der Waals surface area contributed by atoms with Crippen molar-refractivity contribution in [2.75, 3.05) is 14.2 Å². The first-order chi connectivity index (χ1) is 5.77. The number of amides is 1. The van der Waals surface area contributed by atoms with Crippen LogP contribution in [0.25, 0.3) is 0 Å². The van der Waals surface area contributed by atoms with Crippen LogP contribution in [0.3, 0.4) is 0 Å². The predicted octanol–water partition coefficient (Wildman–Crippen LogP) is -0.424. The molecule has 0 radical (unpaired) electrons. The third-order valence-electron chi connectivity index (χ3n) is 1.16. The predicted molar refractivity (Wildman–Crippen MR) is 38.4 cm³/mol. The van der Waals surface area contributed by atoms with Gasteiger partial charge in [0.25, 0.3) is 0 Å². The van der Waals surface area contributed by atoms with Crippen LogP contribution < -0.4 is 5.32 Å². The van der Waals surface area contributed by atoms with E-state index in [0.29, 0.717) is 5.82 Å². The molecule has 0 spiro atoms. The van der Waals surface area contributed by atoms with Crippen LogP contribution in [0.4, 0.5) is 0 Å². The van der Waals surface area contributed by atoms with Crippen LogP contribution in [0.2, 0.25) is 0 Å². The van der Waals surface area contributed by atoms with Crippen molar-refractivity contribution < 1.29 is 14.1 Å². The fraction of sp³-hybridized carbons (Fsp3) is 0.500. The zero-order valence-corrected chi connectivity index (χ0v) is 6.83. The van der Waals surface area contributed by atoms with Crippen LogP contribution in [-0.4, -0.2) is 30.2 Å². The van der Waals surface area contributed by atoms with Crippen LogP contribution in [-0.2, 0) is 11.3 Å². The van der Waals surface area contributed by atoms with Crippen molar-refractivity contribution in [1.29, 1.82) is 0 Å². The lowest BCUT2D eigenvalue weighted by atomic mass is 10.6. The highest BCUT2D eigenvalue weighted by Gasteiger charge is 2.12. The van der Waals surface area contributed by atoms with Gasteiger partial charge in [-0.05, 0) is 0 Å². The number of ether oxygens (including phenoxy) is 1. The highest BCUT2D eigenvalue weighted by molar-refractivity contribution is 5.89. The summed E-state index contributed by atoms with van der Waals surface area (Å²) >= 11 is 0. The first-order valence-corrected chi connectivity index (χ1v) is 3.31. The summed E-state index contributed by atoms with van der Waals surface area (Å²) in [5.41, 5.74) is 0. The summed E-state index contributed by atoms with van der Waals surface area (Å²) in [7, 11) is 3.00. The molecule has 1 amide bonds. The second-order valence-corrected chi connectivity index (χ2v) is 2.03. The number of carbonyl (C=O) groups excluding carboxylic acids is 1. The molecule has 1 N–H and O–H groups in total. The number of methoxy groups -OCH3 is 1. The van der Waals surface area contributed by atoms with E-state index >= 15 is 0 Å². The monoisotopic (exact) mass is 171 g/mol. The Morgan fingerprint density at radius 3 is 3.08 bits per heavy atom. The average Bonchev–Trinajstić information content (AvgIpc) is 2.52. The maximum atomic E-state index is 10.9.